The van der Waals surface area contributed by atoms with Crippen LogP contribution in [0.15, 0.2) is 23.1 Å². The zero-order chi connectivity index (χ0) is 10.8. The van der Waals surface area contributed by atoms with Gasteiger partial charge in [0.15, 0.2) is 11.5 Å². The summed E-state index contributed by atoms with van der Waals surface area (Å²) in [6.07, 6.45) is 0. The van der Waals surface area contributed by atoms with Gasteiger partial charge in [-0.25, -0.2) is 13.1 Å². The summed E-state index contributed by atoms with van der Waals surface area (Å²) < 4.78 is 29.5. The molecule has 0 fully saturated rings. The van der Waals surface area contributed by atoms with Crippen molar-refractivity contribution in [2.24, 2.45) is 0 Å². The highest BCUT2D eigenvalue weighted by Gasteiger charge is 2.13. The highest BCUT2D eigenvalue weighted by molar-refractivity contribution is 7.89. The van der Waals surface area contributed by atoms with Crippen molar-refractivity contribution >= 4 is 10.0 Å². The number of rotatable bonds is 3. The Kier molecular flexibility index (Phi) is 2.97. The molecule has 6 heteroatoms. The van der Waals surface area contributed by atoms with Crippen molar-refractivity contribution in [2.45, 2.75) is 4.90 Å². The molecule has 1 aromatic carbocycles. The van der Waals surface area contributed by atoms with Crippen LogP contribution in [-0.4, -0.2) is 27.7 Å². The van der Waals surface area contributed by atoms with E-state index in [4.69, 9.17) is 4.74 Å². The minimum Gasteiger partial charge on any atom is -0.504 e. The Morgan fingerprint density at radius 3 is 2.50 bits per heavy atom. The third-order valence-corrected chi connectivity index (χ3v) is 3.14. The quantitative estimate of drug-likeness (QED) is 0.764. The van der Waals surface area contributed by atoms with Crippen LogP contribution in [0.5, 0.6) is 11.5 Å². The lowest BCUT2D eigenvalue weighted by Crippen LogP contribution is -2.18. The topological polar surface area (TPSA) is 75.6 Å². The first-order chi connectivity index (χ1) is 6.51. The first-order valence-electron chi connectivity index (χ1n) is 3.82. The predicted octanol–water partition coefficient (Wildman–Crippen LogP) is 0.309. The molecule has 14 heavy (non-hydrogen) atoms. The van der Waals surface area contributed by atoms with Gasteiger partial charge >= 0.3 is 0 Å². The smallest absolute Gasteiger partial charge is 0.240 e. The molecule has 0 aliphatic carbocycles. The van der Waals surface area contributed by atoms with Gasteiger partial charge in [-0.2, -0.15) is 0 Å². The first-order valence-corrected chi connectivity index (χ1v) is 5.30. The van der Waals surface area contributed by atoms with E-state index in [0.717, 1.165) is 6.07 Å². The van der Waals surface area contributed by atoms with E-state index in [-0.39, 0.29) is 16.4 Å². The Morgan fingerprint density at radius 2 is 2.07 bits per heavy atom. The molecule has 1 rings (SSSR count). The van der Waals surface area contributed by atoms with Crippen molar-refractivity contribution in [3.63, 3.8) is 0 Å². The van der Waals surface area contributed by atoms with Crippen molar-refractivity contribution in [1.29, 1.82) is 0 Å². The number of hydrogen-bond donors (Lipinski definition) is 2. The van der Waals surface area contributed by atoms with Crippen molar-refractivity contribution in [2.75, 3.05) is 14.2 Å². The minimum atomic E-state index is -3.51. The predicted molar refractivity (Wildman–Crippen MR) is 50.9 cm³/mol. The number of sulfonamides is 1. The van der Waals surface area contributed by atoms with E-state index in [1.54, 1.807) is 0 Å². The molecule has 0 unspecified atom stereocenters. The molecule has 1 aromatic rings. The van der Waals surface area contributed by atoms with Crippen LogP contribution in [-0.2, 0) is 10.0 Å². The molecule has 0 saturated carbocycles. The molecule has 0 spiro atoms. The molecule has 0 atom stereocenters. The second-order valence-corrected chi connectivity index (χ2v) is 4.43. The molecule has 5 nitrogen and oxygen atoms in total. The van der Waals surface area contributed by atoms with E-state index in [1.165, 1.54) is 26.3 Å². The van der Waals surface area contributed by atoms with E-state index in [2.05, 4.69) is 4.72 Å². The molecule has 0 aliphatic rings. The molecule has 0 heterocycles. The largest absolute Gasteiger partial charge is 0.504 e. The summed E-state index contributed by atoms with van der Waals surface area (Å²) in [6, 6.07) is 3.87. The molecule has 0 radical (unpaired) electrons. The minimum absolute atomic E-state index is 0.00157. The van der Waals surface area contributed by atoms with Crippen LogP contribution in [0.4, 0.5) is 0 Å². The summed E-state index contributed by atoms with van der Waals surface area (Å²) in [5, 5.41) is 9.33. The number of phenolic OH excluding ortho intramolecular Hbond substituents is 1. The zero-order valence-electron chi connectivity index (χ0n) is 7.81. The Hall–Kier alpha value is -1.27. The van der Waals surface area contributed by atoms with E-state index in [9.17, 15) is 13.5 Å². The van der Waals surface area contributed by atoms with Gasteiger partial charge in [-0.1, -0.05) is 0 Å². The average Bonchev–Trinajstić information content (AvgIpc) is 2.17. The van der Waals surface area contributed by atoms with E-state index < -0.39 is 10.0 Å². The van der Waals surface area contributed by atoms with E-state index in [1.807, 2.05) is 0 Å². The second kappa shape index (κ2) is 3.85. The fraction of sp³-hybridized carbons (Fsp3) is 0.250. The maximum Gasteiger partial charge on any atom is 0.240 e. The van der Waals surface area contributed by atoms with Gasteiger partial charge < -0.3 is 9.84 Å². The fourth-order valence-electron chi connectivity index (χ4n) is 0.955. The molecule has 78 valence electrons. The van der Waals surface area contributed by atoms with Crippen molar-refractivity contribution in [1.82, 2.24) is 4.72 Å². The number of benzene rings is 1. The van der Waals surface area contributed by atoms with Crippen molar-refractivity contribution < 1.29 is 18.3 Å². The summed E-state index contributed by atoms with van der Waals surface area (Å²) in [4.78, 5) is -0.00157. The molecule has 0 bridgehead atoms. The summed E-state index contributed by atoms with van der Waals surface area (Å²) in [5.74, 6) is 0.0314. The maximum absolute atomic E-state index is 11.3. The van der Waals surface area contributed by atoms with Crippen LogP contribution >= 0.6 is 0 Å². The maximum atomic E-state index is 11.3. The lowest BCUT2D eigenvalue weighted by atomic mass is 10.3. The molecule has 0 aliphatic heterocycles. The van der Waals surface area contributed by atoms with Gasteiger partial charge in [-0.3, -0.25) is 0 Å². The van der Waals surface area contributed by atoms with Crippen LogP contribution in [0.1, 0.15) is 0 Å². The van der Waals surface area contributed by atoms with Crippen LogP contribution < -0.4 is 9.46 Å². The number of methoxy groups -OCH3 is 1. The molecule has 0 amide bonds. The fourth-order valence-corrected chi connectivity index (χ4v) is 1.70. The van der Waals surface area contributed by atoms with Crippen molar-refractivity contribution in [3.8, 4) is 11.5 Å². The van der Waals surface area contributed by atoms with Crippen LogP contribution in [0.2, 0.25) is 0 Å². The molecular weight excluding hydrogens is 206 g/mol. The number of ether oxygens (including phenoxy) is 1. The molecule has 0 aromatic heterocycles. The van der Waals surface area contributed by atoms with E-state index in [0.29, 0.717) is 0 Å². The molecular formula is C8H11NO4S. The third-order valence-electron chi connectivity index (χ3n) is 1.73. The standard InChI is InChI=1S/C8H11NO4S/c1-9-14(11,12)6-3-4-8(13-2)7(10)5-6/h3-5,9-10H,1-2H3. The van der Waals surface area contributed by atoms with Gasteiger partial charge in [0.05, 0.1) is 12.0 Å². The lowest BCUT2D eigenvalue weighted by Gasteiger charge is -2.06. The SMILES string of the molecule is CNS(=O)(=O)c1ccc(OC)c(O)c1. The number of aromatic hydroxyl groups is 1. The number of phenols is 1. The summed E-state index contributed by atoms with van der Waals surface area (Å²) in [7, 11) is -0.819. The summed E-state index contributed by atoms with van der Waals surface area (Å²) in [6.45, 7) is 0. The Morgan fingerprint density at radius 1 is 1.43 bits per heavy atom. The van der Waals surface area contributed by atoms with Gasteiger partial charge in [0.2, 0.25) is 10.0 Å². The highest BCUT2D eigenvalue weighted by Crippen LogP contribution is 2.27. The normalized spacial score (nSPS) is 11.3. The van der Waals surface area contributed by atoms with Crippen LogP contribution in [0, 0.1) is 0 Å². The van der Waals surface area contributed by atoms with Gasteiger partial charge in [-0.15, -0.1) is 0 Å². The second-order valence-electron chi connectivity index (χ2n) is 2.54. The van der Waals surface area contributed by atoms with Gasteiger partial charge in [0, 0.05) is 6.07 Å². The van der Waals surface area contributed by atoms with Crippen LogP contribution in [0.3, 0.4) is 0 Å². The monoisotopic (exact) mass is 217 g/mol. The van der Waals surface area contributed by atoms with Crippen LogP contribution in [0.25, 0.3) is 0 Å². The Bertz CT molecular complexity index is 427. The lowest BCUT2D eigenvalue weighted by molar-refractivity contribution is 0.372. The van der Waals surface area contributed by atoms with E-state index >= 15 is 0 Å². The third kappa shape index (κ3) is 1.97. The molecule has 0 saturated heterocycles. The Labute approximate surface area is 82.4 Å². The van der Waals surface area contributed by atoms with Gasteiger partial charge in [0.25, 0.3) is 0 Å². The average molecular weight is 217 g/mol. The molecule has 2 N–H and O–H groups in total. The van der Waals surface area contributed by atoms with Gasteiger partial charge in [-0.05, 0) is 19.2 Å². The number of hydrogen-bond acceptors (Lipinski definition) is 4. The first kappa shape index (κ1) is 10.8. The highest BCUT2D eigenvalue weighted by atomic mass is 32.2. The van der Waals surface area contributed by atoms with Crippen molar-refractivity contribution in [3.05, 3.63) is 18.2 Å². The zero-order valence-corrected chi connectivity index (χ0v) is 8.63. The summed E-state index contributed by atoms with van der Waals surface area (Å²) in [5.41, 5.74) is 0. The van der Waals surface area contributed by atoms with Gasteiger partial charge in [0.1, 0.15) is 0 Å². The summed E-state index contributed by atoms with van der Waals surface area (Å²) >= 11 is 0. The Balaban J connectivity index is 3.22. The number of nitrogens with one attached hydrogen (secondary N) is 1.